The van der Waals surface area contributed by atoms with Crippen LogP contribution in [0.15, 0.2) is 35.2 Å². The number of carbonyl (C=O) groups is 1. The summed E-state index contributed by atoms with van der Waals surface area (Å²) in [6.07, 6.45) is 5.73. The molecule has 0 unspecified atom stereocenters. The Hall–Kier alpha value is -1.73. The van der Waals surface area contributed by atoms with Gasteiger partial charge in [-0.2, -0.15) is 5.10 Å². The molecule has 3 atom stereocenters. The smallest absolute Gasteiger partial charge is 0.242 e. The molecular formula is C16H18BrN5O. The predicted molar refractivity (Wildman–Crippen MR) is 89.9 cm³/mol. The molecule has 0 aromatic carbocycles. The van der Waals surface area contributed by atoms with E-state index in [1.54, 1.807) is 6.20 Å². The third-order valence-electron chi connectivity index (χ3n) is 4.86. The third-order valence-corrected chi connectivity index (χ3v) is 5.30. The van der Waals surface area contributed by atoms with Crippen LogP contribution in [0.5, 0.6) is 0 Å². The zero-order valence-electron chi connectivity index (χ0n) is 12.8. The maximum absolute atomic E-state index is 12.5. The first-order chi connectivity index (χ1) is 11.1. The van der Waals surface area contributed by atoms with Crippen molar-refractivity contribution in [2.24, 2.45) is 5.41 Å². The van der Waals surface area contributed by atoms with Crippen LogP contribution in [0.3, 0.4) is 0 Å². The minimum Gasteiger partial charge on any atom is -0.309 e. The molecule has 4 rings (SSSR count). The number of pyridine rings is 1. The van der Waals surface area contributed by atoms with Crippen LogP contribution in [0.2, 0.25) is 0 Å². The Balaban J connectivity index is 1.42. The highest BCUT2D eigenvalue weighted by Crippen LogP contribution is 2.55. The normalized spacial score (nSPS) is 28.4. The van der Waals surface area contributed by atoms with Crippen molar-refractivity contribution in [1.29, 1.82) is 0 Å². The monoisotopic (exact) mass is 375 g/mol. The fourth-order valence-corrected chi connectivity index (χ4v) is 3.79. The molecule has 2 N–H and O–H groups in total. The van der Waals surface area contributed by atoms with E-state index in [1.807, 2.05) is 36.0 Å². The molecule has 0 bridgehead atoms. The lowest BCUT2D eigenvalue weighted by atomic mass is 9.99. The van der Waals surface area contributed by atoms with Gasteiger partial charge in [-0.25, -0.2) is 4.98 Å². The highest BCUT2D eigenvalue weighted by molar-refractivity contribution is 9.10. The van der Waals surface area contributed by atoms with E-state index in [2.05, 4.69) is 36.6 Å². The average Bonchev–Trinajstić information content (AvgIpc) is 2.90. The van der Waals surface area contributed by atoms with Gasteiger partial charge in [0, 0.05) is 30.4 Å². The second-order valence-corrected chi connectivity index (χ2v) is 7.35. The maximum Gasteiger partial charge on any atom is 0.242 e. The van der Waals surface area contributed by atoms with Gasteiger partial charge in [-0.15, -0.1) is 0 Å². The summed E-state index contributed by atoms with van der Waals surface area (Å²) in [4.78, 5) is 16.9. The number of aromatic nitrogens is 3. The van der Waals surface area contributed by atoms with E-state index < -0.39 is 0 Å². The first-order valence-corrected chi connectivity index (χ1v) is 8.53. The van der Waals surface area contributed by atoms with Crippen LogP contribution in [-0.2, 0) is 11.3 Å². The predicted octanol–water partition coefficient (Wildman–Crippen LogP) is 2.11. The largest absolute Gasteiger partial charge is 0.309 e. The summed E-state index contributed by atoms with van der Waals surface area (Å²) in [7, 11) is 0. The van der Waals surface area contributed by atoms with Gasteiger partial charge in [-0.05, 0) is 53.4 Å². The number of rotatable bonds is 4. The number of piperidine rings is 1. The summed E-state index contributed by atoms with van der Waals surface area (Å²) in [6, 6.07) is 5.99. The van der Waals surface area contributed by atoms with E-state index in [-0.39, 0.29) is 17.4 Å². The fourth-order valence-electron chi connectivity index (χ4n) is 3.48. The Morgan fingerprint density at radius 3 is 3.17 bits per heavy atom. The second-order valence-electron chi connectivity index (χ2n) is 6.53. The summed E-state index contributed by atoms with van der Waals surface area (Å²) >= 11 is 3.34. The standard InChI is InChI=1S/C16H18BrN5O/c1-10-3-4-13(17)20-14(10)21-15(23)11-7-16(8-12(16)19-11)9-22-6-2-5-18-22/h2-6,11-12,19H,7-9H2,1H3,(H,20,21,23)/t11-,12+,16-/m0/s1. The zero-order valence-corrected chi connectivity index (χ0v) is 14.4. The van der Waals surface area contributed by atoms with E-state index in [4.69, 9.17) is 0 Å². The summed E-state index contributed by atoms with van der Waals surface area (Å²) < 4.78 is 2.68. The van der Waals surface area contributed by atoms with Gasteiger partial charge in [0.15, 0.2) is 0 Å². The Labute approximate surface area is 142 Å². The fraction of sp³-hybridized carbons (Fsp3) is 0.438. The van der Waals surface area contributed by atoms with Crippen LogP contribution in [0.4, 0.5) is 5.82 Å². The van der Waals surface area contributed by atoms with Crippen LogP contribution < -0.4 is 10.6 Å². The van der Waals surface area contributed by atoms with E-state index in [0.29, 0.717) is 11.9 Å². The van der Waals surface area contributed by atoms with Crippen molar-refractivity contribution in [3.05, 3.63) is 40.8 Å². The van der Waals surface area contributed by atoms with Crippen molar-refractivity contribution in [2.75, 3.05) is 5.32 Å². The number of hydrogen-bond acceptors (Lipinski definition) is 4. The van der Waals surface area contributed by atoms with Gasteiger partial charge in [0.25, 0.3) is 0 Å². The van der Waals surface area contributed by atoms with E-state index in [1.165, 1.54) is 0 Å². The van der Waals surface area contributed by atoms with Gasteiger partial charge < -0.3 is 10.6 Å². The van der Waals surface area contributed by atoms with Crippen LogP contribution in [0.25, 0.3) is 0 Å². The summed E-state index contributed by atoms with van der Waals surface area (Å²) in [5.74, 6) is 0.610. The van der Waals surface area contributed by atoms with Crippen LogP contribution in [0, 0.1) is 12.3 Å². The Bertz CT molecular complexity index is 747. The zero-order chi connectivity index (χ0) is 16.0. The lowest BCUT2D eigenvalue weighted by Crippen LogP contribution is -2.38. The summed E-state index contributed by atoms with van der Waals surface area (Å²) in [5, 5.41) is 10.7. The third kappa shape index (κ3) is 2.79. The molecule has 1 aliphatic heterocycles. The number of nitrogens with zero attached hydrogens (tertiary/aromatic N) is 3. The Morgan fingerprint density at radius 2 is 2.39 bits per heavy atom. The Morgan fingerprint density at radius 1 is 1.52 bits per heavy atom. The molecule has 23 heavy (non-hydrogen) atoms. The molecule has 6 nitrogen and oxygen atoms in total. The van der Waals surface area contributed by atoms with Gasteiger partial charge in [0.2, 0.25) is 5.91 Å². The number of aryl methyl sites for hydroxylation is 1. The quantitative estimate of drug-likeness (QED) is 0.802. The minimum atomic E-state index is -0.163. The molecule has 0 radical (unpaired) electrons. The first kappa shape index (κ1) is 14.8. The number of carbonyl (C=O) groups excluding carboxylic acids is 1. The molecule has 1 aliphatic carbocycles. The minimum absolute atomic E-state index is 0.00857. The molecule has 2 aromatic heterocycles. The summed E-state index contributed by atoms with van der Waals surface area (Å²) in [6.45, 7) is 2.81. The van der Waals surface area contributed by atoms with Crippen molar-refractivity contribution < 1.29 is 4.79 Å². The van der Waals surface area contributed by atoms with Crippen molar-refractivity contribution in [3.63, 3.8) is 0 Å². The summed E-state index contributed by atoms with van der Waals surface area (Å²) in [5.41, 5.74) is 1.13. The van der Waals surface area contributed by atoms with Crippen molar-refractivity contribution in [1.82, 2.24) is 20.1 Å². The highest BCUT2D eigenvalue weighted by atomic mass is 79.9. The van der Waals surface area contributed by atoms with Crippen LogP contribution in [0.1, 0.15) is 18.4 Å². The molecule has 1 saturated carbocycles. The van der Waals surface area contributed by atoms with Crippen molar-refractivity contribution in [3.8, 4) is 0 Å². The van der Waals surface area contributed by atoms with Gasteiger partial charge in [-0.1, -0.05) is 6.07 Å². The van der Waals surface area contributed by atoms with Gasteiger partial charge in [0.05, 0.1) is 6.04 Å². The van der Waals surface area contributed by atoms with E-state index in [0.717, 1.165) is 29.6 Å². The van der Waals surface area contributed by atoms with E-state index in [9.17, 15) is 4.79 Å². The molecule has 2 aliphatic rings. The number of amides is 1. The van der Waals surface area contributed by atoms with Crippen molar-refractivity contribution in [2.45, 2.75) is 38.4 Å². The molecule has 7 heteroatoms. The van der Waals surface area contributed by atoms with Crippen molar-refractivity contribution >= 4 is 27.7 Å². The SMILES string of the molecule is Cc1ccc(Br)nc1NC(=O)[C@@H]1C[C@@]2(Cn3cccn3)C[C@H]2N1. The molecule has 2 aromatic rings. The average molecular weight is 376 g/mol. The molecule has 120 valence electrons. The number of anilines is 1. The van der Waals surface area contributed by atoms with Gasteiger partial charge in [0.1, 0.15) is 10.4 Å². The number of fused-ring (bicyclic) bond motifs is 1. The lowest BCUT2D eigenvalue weighted by molar-refractivity contribution is -0.118. The molecular weight excluding hydrogens is 358 g/mol. The molecule has 1 saturated heterocycles. The first-order valence-electron chi connectivity index (χ1n) is 7.73. The number of halogens is 1. The lowest BCUT2D eigenvalue weighted by Gasteiger charge is -2.17. The molecule has 3 heterocycles. The second kappa shape index (κ2) is 5.42. The van der Waals surface area contributed by atoms with Gasteiger partial charge >= 0.3 is 0 Å². The maximum atomic E-state index is 12.5. The Kier molecular flexibility index (Phi) is 3.50. The van der Waals surface area contributed by atoms with Crippen LogP contribution in [-0.4, -0.2) is 32.8 Å². The number of nitrogens with one attached hydrogen (secondary N) is 2. The molecule has 2 fully saturated rings. The van der Waals surface area contributed by atoms with E-state index >= 15 is 0 Å². The number of hydrogen-bond donors (Lipinski definition) is 2. The highest BCUT2D eigenvalue weighted by Gasteiger charge is 2.61. The molecule has 1 amide bonds. The topological polar surface area (TPSA) is 71.8 Å². The van der Waals surface area contributed by atoms with Crippen LogP contribution >= 0.6 is 15.9 Å². The van der Waals surface area contributed by atoms with Gasteiger partial charge in [-0.3, -0.25) is 9.48 Å². The molecule has 0 spiro atoms.